The van der Waals surface area contributed by atoms with Crippen LogP contribution in [0.4, 0.5) is 0 Å². The highest BCUT2D eigenvalue weighted by molar-refractivity contribution is 5.10. The zero-order valence-electron chi connectivity index (χ0n) is 5.40. The summed E-state index contributed by atoms with van der Waals surface area (Å²) in [7, 11) is 0. The second kappa shape index (κ2) is 2.79. The van der Waals surface area contributed by atoms with Crippen LogP contribution in [0.25, 0.3) is 0 Å². The molecule has 0 amide bonds. The van der Waals surface area contributed by atoms with Gasteiger partial charge >= 0.3 is 0 Å². The first-order chi connectivity index (χ1) is 4.79. The first-order valence-corrected chi connectivity index (χ1v) is 3.12. The van der Waals surface area contributed by atoms with Gasteiger partial charge in [-0.3, -0.25) is 0 Å². The molecule has 1 rings (SSSR count). The molecule has 1 aliphatic rings. The molecule has 0 aliphatic heterocycles. The van der Waals surface area contributed by atoms with Gasteiger partial charge in [0, 0.05) is 0 Å². The summed E-state index contributed by atoms with van der Waals surface area (Å²) in [6.07, 6.45) is 1.97. The van der Waals surface area contributed by atoms with Crippen LogP contribution in [0.5, 0.6) is 0 Å². The van der Waals surface area contributed by atoms with Gasteiger partial charge in [0.1, 0.15) is 6.04 Å². The van der Waals surface area contributed by atoms with Crippen molar-refractivity contribution < 1.29 is 10.2 Å². The van der Waals surface area contributed by atoms with E-state index in [0.29, 0.717) is 6.42 Å². The lowest BCUT2D eigenvalue weighted by Gasteiger charge is -2.09. The Morgan fingerprint density at radius 3 is 2.90 bits per heavy atom. The van der Waals surface area contributed by atoms with E-state index < -0.39 is 12.0 Å². The minimum atomic E-state index is -0.468. The van der Waals surface area contributed by atoms with Gasteiger partial charge in [-0.2, -0.15) is 4.91 Å². The van der Waals surface area contributed by atoms with Crippen molar-refractivity contribution in [1.82, 2.24) is 0 Å². The Bertz CT molecular complexity index is 166. The second-order valence-electron chi connectivity index (χ2n) is 2.33. The third-order valence-electron chi connectivity index (χ3n) is 1.74. The smallest absolute Gasteiger partial charge is 0.108 e. The first-order valence-electron chi connectivity index (χ1n) is 3.12. The Labute approximate surface area is 58.2 Å². The molecule has 0 radical (unpaired) electrons. The lowest BCUT2D eigenvalue weighted by molar-refractivity contribution is 0.196. The van der Waals surface area contributed by atoms with Crippen LogP contribution in [0.15, 0.2) is 17.0 Å². The molecule has 0 aromatic carbocycles. The molecule has 1 aliphatic carbocycles. The summed E-state index contributed by atoms with van der Waals surface area (Å²) in [4.78, 5) is 10.0. The van der Waals surface area contributed by atoms with E-state index >= 15 is 0 Å². The summed E-state index contributed by atoms with van der Waals surface area (Å²) >= 11 is 0. The second-order valence-corrected chi connectivity index (χ2v) is 2.33. The van der Waals surface area contributed by atoms with E-state index in [4.69, 9.17) is 10.2 Å². The number of rotatable bonds is 2. The average molecular weight is 143 g/mol. The number of nitrogens with zero attached hydrogens (tertiary/aromatic N) is 1. The molecule has 2 atom stereocenters. The van der Waals surface area contributed by atoms with Crippen LogP contribution in [-0.2, 0) is 0 Å². The maximum atomic E-state index is 10.0. The van der Waals surface area contributed by atoms with Gasteiger partial charge in [-0.1, -0.05) is 5.18 Å². The summed E-state index contributed by atoms with van der Waals surface area (Å²) in [6, 6.07) is -0.468. The summed E-state index contributed by atoms with van der Waals surface area (Å²) in [6.45, 7) is -0.210. The van der Waals surface area contributed by atoms with Crippen molar-refractivity contribution in [3.63, 3.8) is 0 Å². The molecular weight excluding hydrogens is 134 g/mol. The van der Waals surface area contributed by atoms with Gasteiger partial charge in [0.2, 0.25) is 0 Å². The van der Waals surface area contributed by atoms with Gasteiger partial charge in [-0.05, 0) is 12.5 Å². The fourth-order valence-corrected chi connectivity index (χ4v) is 1.09. The van der Waals surface area contributed by atoms with Gasteiger partial charge < -0.3 is 10.2 Å². The number of nitroso groups, excluding NO2 is 1. The number of aliphatic hydroxyl groups excluding tert-OH is 2. The predicted molar refractivity (Wildman–Crippen MR) is 35.5 cm³/mol. The Morgan fingerprint density at radius 2 is 2.50 bits per heavy atom. The maximum absolute atomic E-state index is 10.0. The van der Waals surface area contributed by atoms with E-state index in [0.717, 1.165) is 0 Å². The zero-order chi connectivity index (χ0) is 7.56. The standard InChI is InChI=1S/C6H9NO3/c8-3-4-5(7-10)1-2-6(4)9/h2,4-5,8-9H,1,3H2/t4-,5+/m1/s1. The summed E-state index contributed by atoms with van der Waals surface area (Å²) in [5.74, 6) is -0.371. The first kappa shape index (κ1) is 7.21. The molecule has 0 saturated heterocycles. The molecule has 10 heavy (non-hydrogen) atoms. The quantitative estimate of drug-likeness (QED) is 0.555. The minimum Gasteiger partial charge on any atom is -0.512 e. The van der Waals surface area contributed by atoms with Crippen LogP contribution in [0.2, 0.25) is 0 Å². The summed E-state index contributed by atoms with van der Waals surface area (Å²) < 4.78 is 0. The Balaban J connectivity index is 2.62. The number of aliphatic hydroxyl groups is 2. The molecule has 0 bridgehead atoms. The van der Waals surface area contributed by atoms with E-state index in [1.807, 2.05) is 0 Å². The van der Waals surface area contributed by atoms with Crippen LogP contribution in [0, 0.1) is 10.8 Å². The maximum Gasteiger partial charge on any atom is 0.108 e. The van der Waals surface area contributed by atoms with Crippen molar-refractivity contribution in [2.45, 2.75) is 12.5 Å². The fraction of sp³-hybridized carbons (Fsp3) is 0.667. The van der Waals surface area contributed by atoms with Crippen molar-refractivity contribution in [3.05, 3.63) is 16.7 Å². The number of hydrogen-bond acceptors (Lipinski definition) is 4. The molecule has 4 heteroatoms. The van der Waals surface area contributed by atoms with Gasteiger partial charge in [0.25, 0.3) is 0 Å². The van der Waals surface area contributed by atoms with Crippen LogP contribution in [0.3, 0.4) is 0 Å². The Morgan fingerprint density at radius 1 is 1.80 bits per heavy atom. The Hall–Kier alpha value is -0.900. The van der Waals surface area contributed by atoms with E-state index in [9.17, 15) is 4.91 Å². The van der Waals surface area contributed by atoms with Crippen molar-refractivity contribution >= 4 is 0 Å². The van der Waals surface area contributed by atoms with Crippen molar-refractivity contribution in [3.8, 4) is 0 Å². The van der Waals surface area contributed by atoms with Crippen molar-refractivity contribution in [2.75, 3.05) is 6.61 Å². The molecule has 0 aromatic heterocycles. The third kappa shape index (κ3) is 1.02. The number of hydrogen-bond donors (Lipinski definition) is 2. The van der Waals surface area contributed by atoms with Crippen LogP contribution in [-0.4, -0.2) is 22.9 Å². The van der Waals surface area contributed by atoms with Gasteiger partial charge in [0.05, 0.1) is 18.3 Å². The lowest BCUT2D eigenvalue weighted by atomic mass is 10.1. The summed E-state index contributed by atoms with van der Waals surface area (Å²) in [5, 5.41) is 20.4. The van der Waals surface area contributed by atoms with Gasteiger partial charge in [-0.15, -0.1) is 0 Å². The average Bonchev–Trinajstić information content (AvgIpc) is 2.30. The normalized spacial score (nSPS) is 31.9. The van der Waals surface area contributed by atoms with Crippen LogP contribution < -0.4 is 0 Å². The molecule has 56 valence electrons. The SMILES string of the molecule is O=N[C@H]1CC=C(O)[C@@H]1CO. The van der Waals surface area contributed by atoms with E-state index in [1.165, 1.54) is 6.08 Å². The highest BCUT2D eigenvalue weighted by atomic mass is 16.3. The molecule has 4 nitrogen and oxygen atoms in total. The predicted octanol–water partition coefficient (Wildman–Crippen LogP) is 0.575. The third-order valence-corrected chi connectivity index (χ3v) is 1.74. The Kier molecular flexibility index (Phi) is 2.01. The van der Waals surface area contributed by atoms with Gasteiger partial charge in [0.15, 0.2) is 0 Å². The largest absolute Gasteiger partial charge is 0.512 e. The summed E-state index contributed by atoms with van der Waals surface area (Å²) in [5.41, 5.74) is 0. The van der Waals surface area contributed by atoms with Crippen LogP contribution >= 0.6 is 0 Å². The molecule has 0 fully saturated rings. The molecule has 2 N–H and O–H groups in total. The zero-order valence-corrected chi connectivity index (χ0v) is 5.40. The van der Waals surface area contributed by atoms with Crippen LogP contribution in [0.1, 0.15) is 6.42 Å². The molecule has 0 saturated carbocycles. The molecule has 0 spiro atoms. The van der Waals surface area contributed by atoms with E-state index in [1.54, 1.807) is 0 Å². The highest BCUT2D eigenvalue weighted by Crippen LogP contribution is 2.25. The molecular formula is C6H9NO3. The monoisotopic (exact) mass is 143 g/mol. The molecule has 0 aromatic rings. The molecule has 0 unspecified atom stereocenters. The van der Waals surface area contributed by atoms with Crippen molar-refractivity contribution in [1.29, 1.82) is 0 Å². The molecule has 0 heterocycles. The van der Waals surface area contributed by atoms with Gasteiger partial charge in [-0.25, -0.2) is 0 Å². The topological polar surface area (TPSA) is 69.9 Å². The lowest BCUT2D eigenvalue weighted by Crippen LogP contribution is -2.18. The van der Waals surface area contributed by atoms with E-state index in [2.05, 4.69) is 5.18 Å². The fourth-order valence-electron chi connectivity index (χ4n) is 1.09. The minimum absolute atomic E-state index is 0.0899. The van der Waals surface area contributed by atoms with Crippen molar-refractivity contribution in [2.24, 2.45) is 11.1 Å². The van der Waals surface area contributed by atoms with E-state index in [-0.39, 0.29) is 12.4 Å². The highest BCUT2D eigenvalue weighted by Gasteiger charge is 2.29.